The summed E-state index contributed by atoms with van der Waals surface area (Å²) in [6, 6.07) is 21.4. The van der Waals surface area contributed by atoms with Crippen LogP contribution in [-0.4, -0.2) is 16.7 Å². The summed E-state index contributed by atoms with van der Waals surface area (Å²) in [6.45, 7) is 0.0218. The van der Waals surface area contributed by atoms with Gasteiger partial charge in [0.05, 0.1) is 22.2 Å². The monoisotopic (exact) mass is 440 g/mol. The van der Waals surface area contributed by atoms with Crippen molar-refractivity contribution in [2.75, 3.05) is 5.01 Å². The van der Waals surface area contributed by atoms with E-state index in [4.69, 9.17) is 4.74 Å². The number of hydrogen-bond acceptors (Lipinski definition) is 6. The van der Waals surface area contributed by atoms with E-state index in [9.17, 15) is 25.0 Å². The molecular weight excluding hydrogens is 424 g/mol. The number of nitrogens with zero attached hydrogens (tertiary/aromatic N) is 3. The number of amides is 2. The van der Waals surface area contributed by atoms with Gasteiger partial charge in [-0.05, 0) is 30.3 Å². The van der Waals surface area contributed by atoms with E-state index in [1.807, 2.05) is 0 Å². The number of nitriles is 1. The third kappa shape index (κ3) is 4.40. The molecule has 0 unspecified atom stereocenters. The molecule has 0 radical (unpaired) electrons. The van der Waals surface area contributed by atoms with E-state index < -0.39 is 16.7 Å². The maximum atomic E-state index is 12.9. The summed E-state index contributed by atoms with van der Waals surface area (Å²) in [6.07, 6.45) is 1.26. The SMILES string of the molecule is N#Cc1ccccc1COc1ccc([N+](=O)[O-])cc1/C=C1/C(=O)NN(c2ccccc2)C1=O. The fraction of sp³-hybridized carbons (Fsp3) is 0.0417. The number of para-hydroxylation sites is 1. The number of nitrogens with one attached hydrogen (secondary N) is 1. The van der Waals surface area contributed by atoms with Crippen molar-refractivity contribution in [2.24, 2.45) is 0 Å². The maximum absolute atomic E-state index is 12.9. The lowest BCUT2D eigenvalue weighted by molar-refractivity contribution is -0.384. The van der Waals surface area contributed by atoms with Gasteiger partial charge in [-0.15, -0.1) is 0 Å². The lowest BCUT2D eigenvalue weighted by Gasteiger charge is -2.14. The molecule has 9 nitrogen and oxygen atoms in total. The van der Waals surface area contributed by atoms with Crippen molar-refractivity contribution in [3.05, 3.63) is 105 Å². The Hall–Kier alpha value is -4.97. The standard InChI is InChI=1S/C24H16N4O5/c25-14-16-6-4-5-7-17(16)15-33-22-11-10-20(28(31)32)12-18(22)13-21-23(29)26-27(24(21)30)19-8-2-1-3-9-19/h1-13H,15H2,(H,26,29)/b21-13-. The number of carbonyl (C=O) groups excluding carboxylic acids is 2. The maximum Gasteiger partial charge on any atom is 0.282 e. The molecule has 1 saturated heterocycles. The van der Waals surface area contributed by atoms with Gasteiger partial charge in [0.15, 0.2) is 0 Å². The molecule has 0 atom stereocenters. The van der Waals surface area contributed by atoms with Gasteiger partial charge >= 0.3 is 0 Å². The lowest BCUT2D eigenvalue weighted by Crippen LogP contribution is -2.35. The van der Waals surface area contributed by atoms with Crippen LogP contribution >= 0.6 is 0 Å². The van der Waals surface area contributed by atoms with Gasteiger partial charge in [-0.25, -0.2) is 5.01 Å². The molecule has 1 aliphatic rings. The van der Waals surface area contributed by atoms with Crippen LogP contribution in [0.25, 0.3) is 6.08 Å². The summed E-state index contributed by atoms with van der Waals surface area (Å²) in [4.78, 5) is 36.1. The van der Waals surface area contributed by atoms with Crippen LogP contribution in [0, 0.1) is 21.4 Å². The average molecular weight is 440 g/mol. The van der Waals surface area contributed by atoms with Crippen LogP contribution in [0.1, 0.15) is 16.7 Å². The normalized spacial score (nSPS) is 14.2. The first-order valence-electron chi connectivity index (χ1n) is 9.79. The van der Waals surface area contributed by atoms with Gasteiger partial charge in [-0.3, -0.25) is 25.1 Å². The van der Waals surface area contributed by atoms with E-state index in [0.29, 0.717) is 16.8 Å². The van der Waals surface area contributed by atoms with Crippen molar-refractivity contribution in [1.29, 1.82) is 5.26 Å². The zero-order chi connectivity index (χ0) is 23.4. The Kier molecular flexibility index (Phi) is 5.82. The van der Waals surface area contributed by atoms with E-state index in [1.54, 1.807) is 54.6 Å². The van der Waals surface area contributed by atoms with Crippen LogP contribution in [0.4, 0.5) is 11.4 Å². The first kappa shape index (κ1) is 21.3. The molecule has 3 aromatic carbocycles. The Morgan fingerprint density at radius 2 is 1.79 bits per heavy atom. The topological polar surface area (TPSA) is 126 Å². The minimum atomic E-state index is -0.642. The van der Waals surface area contributed by atoms with Crippen molar-refractivity contribution in [3.63, 3.8) is 0 Å². The number of nitro groups is 1. The fourth-order valence-corrected chi connectivity index (χ4v) is 3.28. The van der Waals surface area contributed by atoms with E-state index in [-0.39, 0.29) is 29.2 Å². The summed E-state index contributed by atoms with van der Waals surface area (Å²) in [5.74, 6) is -1.02. The van der Waals surface area contributed by atoms with Crippen LogP contribution in [0.2, 0.25) is 0 Å². The average Bonchev–Trinajstić information content (AvgIpc) is 3.12. The van der Waals surface area contributed by atoms with Gasteiger partial charge < -0.3 is 4.74 Å². The number of hydrogen-bond donors (Lipinski definition) is 1. The molecule has 4 rings (SSSR count). The molecule has 1 N–H and O–H groups in total. The van der Waals surface area contributed by atoms with Gasteiger partial charge in [0.2, 0.25) is 0 Å². The van der Waals surface area contributed by atoms with Gasteiger partial charge in [0.25, 0.3) is 17.5 Å². The summed E-state index contributed by atoms with van der Waals surface area (Å²) >= 11 is 0. The number of anilines is 1. The van der Waals surface area contributed by atoms with Crippen LogP contribution in [0.15, 0.2) is 78.4 Å². The third-order valence-corrected chi connectivity index (χ3v) is 4.93. The molecule has 0 bridgehead atoms. The minimum absolute atomic E-state index is 0.0218. The van der Waals surface area contributed by atoms with Gasteiger partial charge in [0, 0.05) is 23.3 Å². The molecule has 3 aromatic rings. The van der Waals surface area contributed by atoms with Crippen molar-refractivity contribution in [1.82, 2.24) is 5.43 Å². The van der Waals surface area contributed by atoms with Crippen molar-refractivity contribution in [2.45, 2.75) is 6.61 Å². The number of carbonyl (C=O) groups is 2. The Balaban J connectivity index is 1.68. The zero-order valence-electron chi connectivity index (χ0n) is 17.1. The molecular formula is C24H16N4O5. The second-order valence-corrected chi connectivity index (χ2v) is 7.01. The Labute approximate surface area is 188 Å². The van der Waals surface area contributed by atoms with E-state index in [1.165, 1.54) is 24.3 Å². The first-order valence-corrected chi connectivity index (χ1v) is 9.79. The Morgan fingerprint density at radius 3 is 2.52 bits per heavy atom. The number of benzene rings is 3. The summed E-state index contributed by atoms with van der Waals surface area (Å²) in [7, 11) is 0. The van der Waals surface area contributed by atoms with Crippen molar-refractivity contribution >= 4 is 29.3 Å². The van der Waals surface area contributed by atoms with Crippen LogP contribution in [0.3, 0.4) is 0 Å². The summed E-state index contributed by atoms with van der Waals surface area (Å²) in [5.41, 5.74) is 3.79. The molecule has 1 aliphatic heterocycles. The zero-order valence-corrected chi connectivity index (χ0v) is 17.1. The van der Waals surface area contributed by atoms with Gasteiger partial charge in [0.1, 0.15) is 17.9 Å². The van der Waals surface area contributed by atoms with Crippen LogP contribution in [0.5, 0.6) is 5.75 Å². The highest BCUT2D eigenvalue weighted by atomic mass is 16.6. The number of rotatable bonds is 6. The molecule has 2 amide bonds. The highest BCUT2D eigenvalue weighted by Gasteiger charge is 2.34. The van der Waals surface area contributed by atoms with Crippen molar-refractivity contribution < 1.29 is 19.2 Å². The first-order chi connectivity index (χ1) is 16.0. The van der Waals surface area contributed by atoms with Crippen LogP contribution < -0.4 is 15.2 Å². The molecule has 1 heterocycles. The van der Waals surface area contributed by atoms with E-state index in [0.717, 1.165) is 5.01 Å². The molecule has 9 heteroatoms. The number of ether oxygens (including phenoxy) is 1. The number of non-ortho nitro benzene ring substituents is 1. The molecule has 0 aromatic heterocycles. The fourth-order valence-electron chi connectivity index (χ4n) is 3.28. The van der Waals surface area contributed by atoms with Gasteiger partial charge in [-0.2, -0.15) is 5.26 Å². The Morgan fingerprint density at radius 1 is 1.06 bits per heavy atom. The third-order valence-electron chi connectivity index (χ3n) is 4.93. The molecule has 33 heavy (non-hydrogen) atoms. The van der Waals surface area contributed by atoms with Crippen molar-refractivity contribution in [3.8, 4) is 11.8 Å². The predicted molar refractivity (Wildman–Crippen MR) is 119 cm³/mol. The summed E-state index contributed by atoms with van der Waals surface area (Å²) in [5, 5.41) is 21.6. The highest BCUT2D eigenvalue weighted by molar-refractivity contribution is 6.31. The lowest BCUT2D eigenvalue weighted by atomic mass is 10.1. The Bertz CT molecular complexity index is 1330. The number of hydrazine groups is 1. The number of nitro benzene ring substituents is 1. The molecule has 0 saturated carbocycles. The second kappa shape index (κ2) is 9.03. The van der Waals surface area contributed by atoms with E-state index >= 15 is 0 Å². The molecule has 0 aliphatic carbocycles. The highest BCUT2D eigenvalue weighted by Crippen LogP contribution is 2.29. The quantitative estimate of drug-likeness (QED) is 0.271. The summed E-state index contributed by atoms with van der Waals surface area (Å²) < 4.78 is 5.82. The van der Waals surface area contributed by atoms with Crippen LogP contribution in [-0.2, 0) is 16.2 Å². The minimum Gasteiger partial charge on any atom is -0.488 e. The van der Waals surface area contributed by atoms with E-state index in [2.05, 4.69) is 11.5 Å². The molecule has 1 fully saturated rings. The van der Waals surface area contributed by atoms with Gasteiger partial charge in [-0.1, -0.05) is 36.4 Å². The second-order valence-electron chi connectivity index (χ2n) is 7.01. The molecule has 162 valence electrons. The largest absolute Gasteiger partial charge is 0.488 e. The predicted octanol–water partition coefficient (Wildman–Crippen LogP) is 3.51. The smallest absolute Gasteiger partial charge is 0.282 e. The molecule has 0 spiro atoms.